The standard InChI is InChI=1S/C14H19BrO3/c1-14(2,3)18-13(17)9-8-12(16)10-4-6-11(15)7-5-10/h4-7,12,16H,8-9H2,1-3H3/t12-/m1/s1. The lowest BCUT2D eigenvalue weighted by Gasteiger charge is -2.20. The smallest absolute Gasteiger partial charge is 0.306 e. The van der Waals surface area contributed by atoms with Crippen LogP contribution >= 0.6 is 15.9 Å². The number of carbonyl (C=O) groups is 1. The van der Waals surface area contributed by atoms with Crippen LogP contribution in [0.25, 0.3) is 0 Å². The van der Waals surface area contributed by atoms with E-state index >= 15 is 0 Å². The van der Waals surface area contributed by atoms with Gasteiger partial charge in [-0.05, 0) is 44.9 Å². The zero-order valence-corrected chi connectivity index (χ0v) is 12.5. The van der Waals surface area contributed by atoms with Gasteiger partial charge in [0, 0.05) is 10.9 Å². The Labute approximate surface area is 116 Å². The van der Waals surface area contributed by atoms with E-state index in [0.717, 1.165) is 10.0 Å². The van der Waals surface area contributed by atoms with E-state index in [2.05, 4.69) is 15.9 Å². The summed E-state index contributed by atoms with van der Waals surface area (Å²) in [6, 6.07) is 7.41. The highest BCUT2D eigenvalue weighted by atomic mass is 79.9. The second-order valence-corrected chi connectivity index (χ2v) is 6.11. The van der Waals surface area contributed by atoms with Crippen molar-refractivity contribution in [3.05, 3.63) is 34.3 Å². The summed E-state index contributed by atoms with van der Waals surface area (Å²) in [6.45, 7) is 5.49. The molecule has 0 bridgehead atoms. The topological polar surface area (TPSA) is 46.5 Å². The first-order valence-electron chi connectivity index (χ1n) is 5.93. The van der Waals surface area contributed by atoms with Crippen LogP contribution in [-0.4, -0.2) is 16.7 Å². The lowest BCUT2D eigenvalue weighted by molar-refractivity contribution is -0.155. The summed E-state index contributed by atoms with van der Waals surface area (Å²) in [4.78, 5) is 11.5. The van der Waals surface area contributed by atoms with E-state index in [-0.39, 0.29) is 12.4 Å². The lowest BCUT2D eigenvalue weighted by atomic mass is 10.1. The Kier molecular flexibility index (Phi) is 5.35. The van der Waals surface area contributed by atoms with Crippen molar-refractivity contribution in [1.82, 2.24) is 0 Å². The summed E-state index contributed by atoms with van der Waals surface area (Å²) >= 11 is 3.33. The molecule has 1 aromatic carbocycles. The summed E-state index contributed by atoms with van der Waals surface area (Å²) in [5.41, 5.74) is 0.335. The molecule has 18 heavy (non-hydrogen) atoms. The van der Waals surface area contributed by atoms with E-state index < -0.39 is 11.7 Å². The van der Waals surface area contributed by atoms with Crippen LogP contribution in [0.2, 0.25) is 0 Å². The Hall–Kier alpha value is -0.870. The number of halogens is 1. The third-order valence-electron chi connectivity index (χ3n) is 2.30. The van der Waals surface area contributed by atoms with Crippen molar-refractivity contribution in [3.63, 3.8) is 0 Å². The van der Waals surface area contributed by atoms with Crippen LogP contribution in [0.15, 0.2) is 28.7 Å². The molecule has 0 amide bonds. The Morgan fingerprint density at radius 3 is 2.39 bits per heavy atom. The molecule has 0 unspecified atom stereocenters. The van der Waals surface area contributed by atoms with Gasteiger partial charge < -0.3 is 9.84 Å². The van der Waals surface area contributed by atoms with Gasteiger partial charge in [-0.25, -0.2) is 0 Å². The maximum absolute atomic E-state index is 11.5. The predicted octanol–water partition coefficient (Wildman–Crippen LogP) is 3.60. The normalized spacial score (nSPS) is 13.2. The number of ether oxygens (including phenoxy) is 1. The quantitative estimate of drug-likeness (QED) is 0.864. The fraction of sp³-hybridized carbons (Fsp3) is 0.500. The molecule has 0 saturated heterocycles. The Morgan fingerprint density at radius 2 is 1.89 bits per heavy atom. The predicted molar refractivity (Wildman–Crippen MR) is 74.2 cm³/mol. The molecule has 0 saturated carbocycles. The van der Waals surface area contributed by atoms with Gasteiger partial charge in [0.15, 0.2) is 0 Å². The van der Waals surface area contributed by atoms with Gasteiger partial charge in [0.2, 0.25) is 0 Å². The number of aliphatic hydroxyl groups excluding tert-OH is 1. The van der Waals surface area contributed by atoms with Gasteiger partial charge in [0.1, 0.15) is 5.60 Å². The molecule has 0 aliphatic carbocycles. The maximum atomic E-state index is 11.5. The molecule has 0 fully saturated rings. The second kappa shape index (κ2) is 6.34. The lowest BCUT2D eigenvalue weighted by Crippen LogP contribution is -2.24. The fourth-order valence-electron chi connectivity index (χ4n) is 1.50. The van der Waals surface area contributed by atoms with Crippen LogP contribution in [0.4, 0.5) is 0 Å². The van der Waals surface area contributed by atoms with Crippen molar-refractivity contribution in [1.29, 1.82) is 0 Å². The molecule has 1 rings (SSSR count). The van der Waals surface area contributed by atoms with Crippen molar-refractivity contribution < 1.29 is 14.6 Å². The average Bonchev–Trinajstić information content (AvgIpc) is 2.24. The van der Waals surface area contributed by atoms with E-state index in [0.29, 0.717) is 6.42 Å². The first-order valence-corrected chi connectivity index (χ1v) is 6.72. The number of esters is 1. The Morgan fingerprint density at radius 1 is 1.33 bits per heavy atom. The SMILES string of the molecule is CC(C)(C)OC(=O)CC[C@@H](O)c1ccc(Br)cc1. The number of rotatable bonds is 4. The number of benzene rings is 1. The third kappa shape index (κ3) is 5.65. The molecule has 1 aromatic rings. The summed E-state index contributed by atoms with van der Waals surface area (Å²) in [5.74, 6) is -0.279. The molecule has 3 nitrogen and oxygen atoms in total. The zero-order chi connectivity index (χ0) is 13.8. The second-order valence-electron chi connectivity index (χ2n) is 5.19. The van der Waals surface area contributed by atoms with Crippen LogP contribution in [0.5, 0.6) is 0 Å². The zero-order valence-electron chi connectivity index (χ0n) is 10.9. The van der Waals surface area contributed by atoms with Gasteiger partial charge in [-0.3, -0.25) is 4.79 Å². The molecular weight excluding hydrogens is 296 g/mol. The van der Waals surface area contributed by atoms with Crippen molar-refractivity contribution in [2.75, 3.05) is 0 Å². The van der Waals surface area contributed by atoms with E-state index in [1.807, 2.05) is 45.0 Å². The van der Waals surface area contributed by atoms with Crippen LogP contribution < -0.4 is 0 Å². The molecule has 1 atom stereocenters. The molecule has 100 valence electrons. The van der Waals surface area contributed by atoms with Gasteiger partial charge in [-0.1, -0.05) is 28.1 Å². The molecule has 4 heteroatoms. The van der Waals surface area contributed by atoms with Crippen molar-refractivity contribution in [3.8, 4) is 0 Å². The summed E-state index contributed by atoms with van der Waals surface area (Å²) in [5, 5.41) is 9.94. The first-order chi connectivity index (χ1) is 8.28. The minimum Gasteiger partial charge on any atom is -0.460 e. The van der Waals surface area contributed by atoms with E-state index in [9.17, 15) is 9.90 Å². The number of aliphatic hydroxyl groups is 1. The third-order valence-corrected chi connectivity index (χ3v) is 2.83. The average molecular weight is 315 g/mol. The van der Waals surface area contributed by atoms with Gasteiger partial charge in [-0.15, -0.1) is 0 Å². The van der Waals surface area contributed by atoms with E-state index in [1.54, 1.807) is 0 Å². The molecule has 0 heterocycles. The summed E-state index contributed by atoms with van der Waals surface area (Å²) < 4.78 is 6.15. The van der Waals surface area contributed by atoms with Crippen molar-refractivity contribution in [2.45, 2.75) is 45.3 Å². The van der Waals surface area contributed by atoms with Crippen molar-refractivity contribution >= 4 is 21.9 Å². The molecule has 1 N–H and O–H groups in total. The van der Waals surface area contributed by atoms with Gasteiger partial charge >= 0.3 is 5.97 Å². The molecule has 0 aliphatic rings. The van der Waals surface area contributed by atoms with Crippen LogP contribution in [-0.2, 0) is 9.53 Å². The van der Waals surface area contributed by atoms with Gasteiger partial charge in [-0.2, -0.15) is 0 Å². The molecule has 0 aromatic heterocycles. The number of hydrogen-bond acceptors (Lipinski definition) is 3. The molecule has 0 radical (unpaired) electrons. The summed E-state index contributed by atoms with van der Waals surface area (Å²) in [7, 11) is 0. The number of hydrogen-bond donors (Lipinski definition) is 1. The molecule has 0 aliphatic heterocycles. The van der Waals surface area contributed by atoms with Gasteiger partial charge in [0.05, 0.1) is 6.10 Å². The van der Waals surface area contributed by atoms with E-state index in [4.69, 9.17) is 4.74 Å². The monoisotopic (exact) mass is 314 g/mol. The van der Waals surface area contributed by atoms with Gasteiger partial charge in [0.25, 0.3) is 0 Å². The fourth-order valence-corrected chi connectivity index (χ4v) is 1.76. The highest BCUT2D eigenvalue weighted by Gasteiger charge is 2.17. The van der Waals surface area contributed by atoms with Crippen LogP contribution in [0.1, 0.15) is 45.3 Å². The minimum absolute atomic E-state index is 0.217. The largest absolute Gasteiger partial charge is 0.460 e. The molecular formula is C14H19BrO3. The Balaban J connectivity index is 2.44. The molecule has 0 spiro atoms. The first kappa shape index (κ1) is 15.2. The van der Waals surface area contributed by atoms with Crippen LogP contribution in [0.3, 0.4) is 0 Å². The van der Waals surface area contributed by atoms with Crippen LogP contribution in [0, 0.1) is 0 Å². The van der Waals surface area contributed by atoms with E-state index in [1.165, 1.54) is 0 Å². The number of carbonyl (C=O) groups excluding carboxylic acids is 1. The maximum Gasteiger partial charge on any atom is 0.306 e. The highest BCUT2D eigenvalue weighted by molar-refractivity contribution is 9.10. The van der Waals surface area contributed by atoms with Crippen molar-refractivity contribution in [2.24, 2.45) is 0 Å². The highest BCUT2D eigenvalue weighted by Crippen LogP contribution is 2.21. The minimum atomic E-state index is -0.634. The summed E-state index contributed by atoms with van der Waals surface area (Å²) in [6.07, 6.45) is -0.0453. The Bertz CT molecular complexity index is 392.